The molecule has 0 saturated heterocycles. The molecular formula is C45H93AlO3. The summed E-state index contributed by atoms with van der Waals surface area (Å²) in [5.74, 6) is 0. The van der Waals surface area contributed by atoms with Crippen LogP contribution < -0.4 is 0 Å². The molecule has 3 nitrogen and oxygen atoms in total. The van der Waals surface area contributed by atoms with Crippen LogP contribution in [0.2, 0.25) is 0 Å². The summed E-state index contributed by atoms with van der Waals surface area (Å²) in [6.45, 7) is 21.2. The highest BCUT2D eigenvalue weighted by atomic mass is 27.3. The molecule has 0 saturated carbocycles. The minimum absolute atomic E-state index is 0.119. The number of hydrogen-bond donors (Lipinski definition) is 0. The van der Waals surface area contributed by atoms with E-state index < -0.39 is 15.1 Å². The van der Waals surface area contributed by atoms with Crippen molar-refractivity contribution in [2.45, 2.75) is 291 Å². The van der Waals surface area contributed by atoms with Crippen molar-refractivity contribution >= 4 is 15.1 Å². The standard InChI is InChI=1S/3C15H31O.Al/c3*1-4-7-9-11-13-15(16,6-3)14-12-10-8-5-2;/h3*4-14H2,1-3H3;/q3*-1;+3. The van der Waals surface area contributed by atoms with E-state index in [9.17, 15) is 0 Å². The molecule has 0 atom stereocenters. The predicted molar refractivity (Wildman–Crippen MR) is 221 cm³/mol. The van der Waals surface area contributed by atoms with Gasteiger partial charge < -0.3 is 11.4 Å². The molecular weight excluding hydrogens is 615 g/mol. The van der Waals surface area contributed by atoms with E-state index in [-0.39, 0.29) is 16.8 Å². The Kier molecular flexibility index (Phi) is 33.3. The van der Waals surface area contributed by atoms with Crippen LogP contribution in [0.5, 0.6) is 0 Å². The van der Waals surface area contributed by atoms with Crippen LogP contribution in [0.25, 0.3) is 0 Å². The predicted octanol–water partition coefficient (Wildman–Crippen LogP) is 16.3. The first-order valence-corrected chi connectivity index (χ1v) is 24.3. The van der Waals surface area contributed by atoms with Crippen LogP contribution in [0.4, 0.5) is 0 Å². The summed E-state index contributed by atoms with van der Waals surface area (Å²) < 4.78 is 23.0. The molecule has 0 aromatic carbocycles. The number of rotatable bonds is 39. The summed E-state index contributed by atoms with van der Waals surface area (Å²) >= 11 is -2.51. The molecule has 0 aliphatic carbocycles. The van der Waals surface area contributed by atoms with Gasteiger partial charge in [0, 0.05) is 16.8 Å². The van der Waals surface area contributed by atoms with Crippen molar-refractivity contribution in [3.05, 3.63) is 0 Å². The van der Waals surface area contributed by atoms with Crippen molar-refractivity contribution in [3.63, 3.8) is 0 Å². The van der Waals surface area contributed by atoms with Crippen LogP contribution in [0.15, 0.2) is 0 Å². The fourth-order valence-corrected chi connectivity index (χ4v) is 10.5. The second-order valence-electron chi connectivity index (χ2n) is 16.1. The monoisotopic (exact) mass is 709 g/mol. The van der Waals surface area contributed by atoms with Gasteiger partial charge in [-0.2, -0.15) is 0 Å². The Morgan fingerprint density at radius 3 is 0.592 bits per heavy atom. The highest BCUT2D eigenvalue weighted by Gasteiger charge is 2.50. The highest BCUT2D eigenvalue weighted by Crippen LogP contribution is 2.39. The Bertz CT molecular complexity index is 556. The van der Waals surface area contributed by atoms with Crippen molar-refractivity contribution in [2.75, 3.05) is 0 Å². The molecule has 0 unspecified atom stereocenters. The normalized spacial score (nSPS) is 12.7. The molecule has 49 heavy (non-hydrogen) atoms. The van der Waals surface area contributed by atoms with Crippen molar-refractivity contribution in [3.8, 4) is 0 Å². The van der Waals surface area contributed by atoms with E-state index in [0.29, 0.717) is 0 Å². The summed E-state index contributed by atoms with van der Waals surface area (Å²) in [6.07, 6.45) is 41.2. The van der Waals surface area contributed by atoms with Gasteiger partial charge in [-0.3, -0.25) is 0 Å². The average Bonchev–Trinajstić information content (AvgIpc) is 3.12. The van der Waals surface area contributed by atoms with Gasteiger partial charge >= 0.3 is 15.1 Å². The lowest BCUT2D eigenvalue weighted by molar-refractivity contribution is -0.108. The molecule has 0 bridgehead atoms. The second kappa shape index (κ2) is 33.0. The molecule has 294 valence electrons. The second-order valence-corrected chi connectivity index (χ2v) is 17.4. The van der Waals surface area contributed by atoms with Gasteiger partial charge in [-0.05, 0) is 57.8 Å². The lowest BCUT2D eigenvalue weighted by Crippen LogP contribution is -2.51. The lowest BCUT2D eigenvalue weighted by Gasteiger charge is -2.44. The van der Waals surface area contributed by atoms with Crippen LogP contribution in [0.3, 0.4) is 0 Å². The van der Waals surface area contributed by atoms with Crippen molar-refractivity contribution in [2.24, 2.45) is 0 Å². The molecule has 0 spiro atoms. The molecule has 0 aromatic rings. The SMILES string of the molecule is CCCCCCC(CC)(CCCCCC)[O][Al]([O]C(CC)(CCCCCC)CCCCCC)[O]C(CC)(CCCCCC)CCCCCC. The van der Waals surface area contributed by atoms with Crippen molar-refractivity contribution in [1.29, 1.82) is 0 Å². The van der Waals surface area contributed by atoms with Gasteiger partial charge in [-0.15, -0.1) is 0 Å². The van der Waals surface area contributed by atoms with Crippen molar-refractivity contribution in [1.82, 2.24) is 0 Å². The first-order chi connectivity index (χ1) is 23.8. The third-order valence-electron chi connectivity index (χ3n) is 11.9. The maximum Gasteiger partial charge on any atom is 0.906 e. The Labute approximate surface area is 316 Å². The number of hydrogen-bond acceptors (Lipinski definition) is 3. The summed E-state index contributed by atoms with van der Waals surface area (Å²) in [6, 6.07) is 0. The van der Waals surface area contributed by atoms with Gasteiger partial charge in [0.2, 0.25) is 0 Å². The zero-order valence-corrected chi connectivity index (χ0v) is 36.8. The van der Waals surface area contributed by atoms with Crippen LogP contribution in [-0.4, -0.2) is 32.0 Å². The largest absolute Gasteiger partial charge is 0.906 e. The van der Waals surface area contributed by atoms with Crippen LogP contribution in [0.1, 0.15) is 274 Å². The number of unbranched alkanes of at least 4 members (excludes halogenated alkanes) is 18. The fraction of sp³-hybridized carbons (Fsp3) is 1.00. The summed E-state index contributed by atoms with van der Waals surface area (Å²) in [5.41, 5.74) is -0.357. The van der Waals surface area contributed by atoms with Crippen LogP contribution >= 0.6 is 0 Å². The Morgan fingerprint density at radius 2 is 0.449 bits per heavy atom. The van der Waals surface area contributed by atoms with Gasteiger partial charge in [0.1, 0.15) is 0 Å². The maximum atomic E-state index is 7.67. The van der Waals surface area contributed by atoms with Gasteiger partial charge in [-0.25, -0.2) is 0 Å². The van der Waals surface area contributed by atoms with Crippen LogP contribution in [-0.2, 0) is 11.4 Å². The highest BCUT2D eigenvalue weighted by molar-refractivity contribution is 6.37. The Balaban J connectivity index is 6.78. The minimum atomic E-state index is -2.51. The van der Waals surface area contributed by atoms with E-state index in [1.165, 1.54) is 154 Å². The molecule has 0 heterocycles. The quantitative estimate of drug-likeness (QED) is 0.0470. The first kappa shape index (κ1) is 49.4. The van der Waals surface area contributed by atoms with Gasteiger partial charge in [-0.1, -0.05) is 216 Å². The first-order valence-electron chi connectivity index (χ1n) is 22.9. The zero-order chi connectivity index (χ0) is 36.5. The zero-order valence-electron chi connectivity index (χ0n) is 35.6. The third kappa shape index (κ3) is 23.6. The molecule has 0 N–H and O–H groups in total. The summed E-state index contributed by atoms with van der Waals surface area (Å²) in [5, 5.41) is 0. The molecule has 0 fully saturated rings. The molecule has 0 aromatic heterocycles. The molecule has 0 rings (SSSR count). The lowest BCUT2D eigenvalue weighted by atomic mass is 9.87. The maximum absolute atomic E-state index is 7.67. The Hall–Kier alpha value is 0.412. The van der Waals surface area contributed by atoms with Gasteiger partial charge in [0.05, 0.1) is 0 Å². The fourth-order valence-electron chi connectivity index (χ4n) is 7.97. The van der Waals surface area contributed by atoms with E-state index >= 15 is 0 Å². The van der Waals surface area contributed by atoms with E-state index in [0.717, 1.165) is 57.8 Å². The average molecular weight is 709 g/mol. The minimum Gasteiger partial charge on any atom is -0.449 e. The van der Waals surface area contributed by atoms with Crippen molar-refractivity contribution < 1.29 is 11.4 Å². The third-order valence-corrected chi connectivity index (χ3v) is 14.0. The molecule has 0 aliphatic heterocycles. The topological polar surface area (TPSA) is 27.7 Å². The van der Waals surface area contributed by atoms with E-state index in [1.54, 1.807) is 0 Å². The van der Waals surface area contributed by atoms with Gasteiger partial charge in [0.25, 0.3) is 0 Å². The summed E-state index contributed by atoms with van der Waals surface area (Å²) in [7, 11) is 0. The van der Waals surface area contributed by atoms with E-state index in [2.05, 4.69) is 62.3 Å². The van der Waals surface area contributed by atoms with E-state index in [1.807, 2.05) is 0 Å². The smallest absolute Gasteiger partial charge is 0.449 e. The van der Waals surface area contributed by atoms with Gasteiger partial charge in [0.15, 0.2) is 0 Å². The molecule has 0 amide bonds. The molecule has 0 aliphatic rings. The molecule has 0 radical (unpaired) electrons. The summed E-state index contributed by atoms with van der Waals surface area (Å²) in [4.78, 5) is 0. The van der Waals surface area contributed by atoms with E-state index in [4.69, 9.17) is 11.4 Å². The van der Waals surface area contributed by atoms with Crippen LogP contribution in [0, 0.1) is 0 Å². The molecule has 4 heteroatoms. The Morgan fingerprint density at radius 1 is 0.265 bits per heavy atom.